The number of hydrogen-bond acceptors (Lipinski definition) is 4. The van der Waals surface area contributed by atoms with Crippen LogP contribution in [0.3, 0.4) is 0 Å². The van der Waals surface area contributed by atoms with Crippen LogP contribution in [0.1, 0.15) is 43.3 Å². The lowest BCUT2D eigenvalue weighted by Crippen LogP contribution is -2.20. The lowest BCUT2D eigenvalue weighted by molar-refractivity contribution is 0.317. The van der Waals surface area contributed by atoms with E-state index >= 15 is 0 Å². The van der Waals surface area contributed by atoms with Crippen molar-refractivity contribution in [2.75, 3.05) is 6.61 Å². The summed E-state index contributed by atoms with van der Waals surface area (Å²) in [7, 11) is 0. The molecule has 0 spiro atoms. The molecule has 0 saturated carbocycles. The first-order valence-corrected chi connectivity index (χ1v) is 8.06. The van der Waals surface area contributed by atoms with Gasteiger partial charge in [-0.3, -0.25) is 0 Å². The summed E-state index contributed by atoms with van der Waals surface area (Å²) >= 11 is 1.71. The van der Waals surface area contributed by atoms with E-state index in [0.29, 0.717) is 6.04 Å². The maximum absolute atomic E-state index is 5.66. The van der Waals surface area contributed by atoms with E-state index in [2.05, 4.69) is 36.3 Å². The second kappa shape index (κ2) is 8.02. The summed E-state index contributed by atoms with van der Waals surface area (Å²) in [6.07, 6.45) is 3.94. The first-order valence-electron chi connectivity index (χ1n) is 7.18. The van der Waals surface area contributed by atoms with Gasteiger partial charge in [-0.15, -0.1) is 11.3 Å². The summed E-state index contributed by atoms with van der Waals surface area (Å²) in [5, 5.41) is 6.75. The molecule has 1 aromatic heterocycles. The molecule has 1 unspecified atom stereocenters. The SMILES string of the molecule is CCCOc1cccc(CNC(CC)c2nccs2)c1. The summed E-state index contributed by atoms with van der Waals surface area (Å²) in [6, 6.07) is 8.62. The van der Waals surface area contributed by atoms with Gasteiger partial charge >= 0.3 is 0 Å². The van der Waals surface area contributed by atoms with Crippen molar-refractivity contribution < 1.29 is 4.74 Å². The Balaban J connectivity index is 1.92. The minimum absolute atomic E-state index is 0.329. The minimum atomic E-state index is 0.329. The van der Waals surface area contributed by atoms with Crippen LogP contribution < -0.4 is 10.1 Å². The molecule has 0 aliphatic rings. The fraction of sp³-hybridized carbons (Fsp3) is 0.438. The van der Waals surface area contributed by atoms with Gasteiger partial charge in [0.05, 0.1) is 12.6 Å². The van der Waals surface area contributed by atoms with E-state index in [1.165, 1.54) is 5.56 Å². The minimum Gasteiger partial charge on any atom is -0.494 e. The Morgan fingerprint density at radius 3 is 2.95 bits per heavy atom. The average Bonchev–Trinajstić information content (AvgIpc) is 3.00. The molecule has 1 N–H and O–H groups in total. The van der Waals surface area contributed by atoms with Gasteiger partial charge in [0.1, 0.15) is 10.8 Å². The van der Waals surface area contributed by atoms with Crippen LogP contribution in [0.25, 0.3) is 0 Å². The van der Waals surface area contributed by atoms with Crippen molar-refractivity contribution in [2.24, 2.45) is 0 Å². The van der Waals surface area contributed by atoms with Crippen LogP contribution in [0.2, 0.25) is 0 Å². The summed E-state index contributed by atoms with van der Waals surface area (Å²) in [6.45, 7) is 5.90. The van der Waals surface area contributed by atoms with Crippen LogP contribution in [0.15, 0.2) is 35.8 Å². The second-order valence-electron chi connectivity index (χ2n) is 4.71. The third-order valence-electron chi connectivity index (χ3n) is 3.08. The van der Waals surface area contributed by atoms with E-state index in [1.807, 2.05) is 23.7 Å². The number of rotatable bonds is 8. The number of hydrogen-bond donors (Lipinski definition) is 1. The van der Waals surface area contributed by atoms with Gasteiger partial charge in [-0.2, -0.15) is 0 Å². The lowest BCUT2D eigenvalue weighted by Gasteiger charge is -2.15. The van der Waals surface area contributed by atoms with Crippen LogP contribution in [-0.2, 0) is 6.54 Å². The molecule has 0 fully saturated rings. The van der Waals surface area contributed by atoms with Crippen LogP contribution in [-0.4, -0.2) is 11.6 Å². The van der Waals surface area contributed by atoms with Crippen molar-refractivity contribution in [1.82, 2.24) is 10.3 Å². The summed E-state index contributed by atoms with van der Waals surface area (Å²) in [4.78, 5) is 4.39. The fourth-order valence-corrected chi connectivity index (χ4v) is 2.82. The number of benzene rings is 1. The summed E-state index contributed by atoms with van der Waals surface area (Å²) in [5.41, 5.74) is 1.24. The molecule has 0 saturated heterocycles. The zero-order valence-corrected chi connectivity index (χ0v) is 13.0. The van der Waals surface area contributed by atoms with E-state index in [4.69, 9.17) is 4.74 Å². The number of thiazole rings is 1. The fourth-order valence-electron chi connectivity index (χ4n) is 2.02. The Kier molecular flexibility index (Phi) is 6.02. The van der Waals surface area contributed by atoms with Crippen LogP contribution >= 0.6 is 11.3 Å². The molecule has 0 aliphatic heterocycles. The number of nitrogens with zero attached hydrogens (tertiary/aromatic N) is 1. The van der Waals surface area contributed by atoms with Gasteiger partial charge in [-0.05, 0) is 30.5 Å². The molecule has 1 atom stereocenters. The molecule has 4 heteroatoms. The molecular weight excluding hydrogens is 268 g/mol. The molecular formula is C16H22N2OS. The zero-order valence-electron chi connectivity index (χ0n) is 12.1. The molecule has 0 bridgehead atoms. The predicted molar refractivity (Wildman–Crippen MR) is 84.2 cm³/mol. The van der Waals surface area contributed by atoms with Gasteiger partial charge in [0.15, 0.2) is 0 Å². The number of ether oxygens (including phenoxy) is 1. The average molecular weight is 290 g/mol. The summed E-state index contributed by atoms with van der Waals surface area (Å²) in [5.74, 6) is 0.952. The monoisotopic (exact) mass is 290 g/mol. The molecule has 1 aromatic carbocycles. The molecule has 3 nitrogen and oxygen atoms in total. The van der Waals surface area contributed by atoms with Crippen molar-refractivity contribution in [2.45, 2.75) is 39.3 Å². The maximum atomic E-state index is 5.66. The number of nitrogens with one attached hydrogen (secondary N) is 1. The normalized spacial score (nSPS) is 12.3. The predicted octanol–water partition coefficient (Wildman–Crippen LogP) is 4.17. The molecule has 108 valence electrons. The van der Waals surface area contributed by atoms with E-state index in [-0.39, 0.29) is 0 Å². The quantitative estimate of drug-likeness (QED) is 0.792. The molecule has 0 amide bonds. The third kappa shape index (κ3) is 4.32. The van der Waals surface area contributed by atoms with Crippen molar-refractivity contribution in [1.29, 1.82) is 0 Å². The smallest absolute Gasteiger partial charge is 0.119 e. The van der Waals surface area contributed by atoms with E-state index in [1.54, 1.807) is 11.3 Å². The topological polar surface area (TPSA) is 34.1 Å². The van der Waals surface area contributed by atoms with Gasteiger partial charge in [0.2, 0.25) is 0 Å². The highest BCUT2D eigenvalue weighted by molar-refractivity contribution is 7.09. The van der Waals surface area contributed by atoms with Gasteiger partial charge < -0.3 is 10.1 Å². The standard InChI is InChI=1S/C16H22N2OS/c1-3-9-19-14-7-5-6-13(11-14)12-18-15(4-2)16-17-8-10-20-16/h5-8,10-11,15,18H,3-4,9,12H2,1-2H3. The highest BCUT2D eigenvalue weighted by Gasteiger charge is 2.11. The molecule has 2 rings (SSSR count). The van der Waals surface area contributed by atoms with Crippen molar-refractivity contribution in [3.05, 3.63) is 46.4 Å². The maximum Gasteiger partial charge on any atom is 0.119 e. The van der Waals surface area contributed by atoms with E-state index < -0.39 is 0 Å². The Labute approximate surface area is 125 Å². The van der Waals surface area contributed by atoms with Crippen LogP contribution in [0.4, 0.5) is 0 Å². The van der Waals surface area contributed by atoms with Gasteiger partial charge in [0.25, 0.3) is 0 Å². The first-order chi connectivity index (χ1) is 9.83. The second-order valence-corrected chi connectivity index (χ2v) is 5.63. The molecule has 0 radical (unpaired) electrons. The Bertz CT molecular complexity index is 499. The summed E-state index contributed by atoms with van der Waals surface area (Å²) < 4.78 is 5.66. The lowest BCUT2D eigenvalue weighted by atomic mass is 10.2. The van der Waals surface area contributed by atoms with Crippen molar-refractivity contribution in [3.8, 4) is 5.75 Å². The van der Waals surface area contributed by atoms with Gasteiger partial charge in [-0.25, -0.2) is 4.98 Å². The largest absolute Gasteiger partial charge is 0.494 e. The Morgan fingerprint density at radius 2 is 2.25 bits per heavy atom. The Morgan fingerprint density at radius 1 is 1.35 bits per heavy atom. The molecule has 2 aromatic rings. The molecule has 1 heterocycles. The van der Waals surface area contributed by atoms with Crippen molar-refractivity contribution >= 4 is 11.3 Å². The Hall–Kier alpha value is -1.39. The van der Waals surface area contributed by atoms with Crippen molar-refractivity contribution in [3.63, 3.8) is 0 Å². The van der Waals surface area contributed by atoms with E-state index in [9.17, 15) is 0 Å². The molecule has 20 heavy (non-hydrogen) atoms. The number of aromatic nitrogens is 1. The van der Waals surface area contributed by atoms with Crippen LogP contribution in [0, 0.1) is 0 Å². The highest BCUT2D eigenvalue weighted by atomic mass is 32.1. The van der Waals surface area contributed by atoms with E-state index in [0.717, 1.165) is 36.8 Å². The first kappa shape index (κ1) is 15.0. The van der Waals surface area contributed by atoms with Gasteiger partial charge in [0, 0.05) is 18.1 Å². The zero-order chi connectivity index (χ0) is 14.2. The molecule has 0 aliphatic carbocycles. The van der Waals surface area contributed by atoms with Crippen LogP contribution in [0.5, 0.6) is 5.75 Å². The van der Waals surface area contributed by atoms with Gasteiger partial charge in [-0.1, -0.05) is 26.0 Å². The highest BCUT2D eigenvalue weighted by Crippen LogP contribution is 2.20. The third-order valence-corrected chi connectivity index (χ3v) is 3.97.